The fourth-order valence-corrected chi connectivity index (χ4v) is 3.64. The summed E-state index contributed by atoms with van der Waals surface area (Å²) < 4.78 is 10.3. The number of hydrogen-bond donors (Lipinski definition) is 0. The summed E-state index contributed by atoms with van der Waals surface area (Å²) in [7, 11) is 0. The highest BCUT2D eigenvalue weighted by Gasteiger charge is 2.05. The van der Waals surface area contributed by atoms with Crippen molar-refractivity contribution < 1.29 is 4.74 Å². The number of nitrogens with zero attached hydrogens (tertiary/aromatic N) is 2. The van der Waals surface area contributed by atoms with Crippen molar-refractivity contribution >= 4 is 22.4 Å². The van der Waals surface area contributed by atoms with Crippen LogP contribution in [0.1, 0.15) is 41.8 Å². The third kappa shape index (κ3) is 4.32. The smallest absolute Gasteiger partial charge is 0.130 e. The molecule has 0 amide bonds. The molecule has 1 aromatic carbocycles. The maximum absolute atomic E-state index is 6.02. The van der Waals surface area contributed by atoms with Crippen LogP contribution in [0.25, 0.3) is 10.9 Å². The molecule has 24 heavy (non-hydrogen) atoms. The molecule has 126 valence electrons. The Bertz CT molecular complexity index is 797. The lowest BCUT2D eigenvalue weighted by Gasteiger charge is -2.10. The van der Waals surface area contributed by atoms with Gasteiger partial charge < -0.3 is 4.74 Å². The lowest BCUT2D eigenvalue weighted by molar-refractivity contribution is 0.308. The Labute approximate surface area is 147 Å². The predicted octanol–water partition coefficient (Wildman–Crippen LogP) is 5.49. The highest BCUT2D eigenvalue weighted by Crippen LogP contribution is 2.25. The minimum Gasteiger partial charge on any atom is -0.493 e. The van der Waals surface area contributed by atoms with Gasteiger partial charge in [-0.15, -0.1) is 0 Å². The van der Waals surface area contributed by atoms with Gasteiger partial charge >= 0.3 is 0 Å². The van der Waals surface area contributed by atoms with Crippen LogP contribution in [-0.4, -0.2) is 16.0 Å². The molecule has 3 rings (SSSR count). The van der Waals surface area contributed by atoms with Gasteiger partial charge in [0.2, 0.25) is 0 Å². The van der Waals surface area contributed by atoms with Gasteiger partial charge in [-0.2, -0.15) is 0 Å². The first-order valence-electron chi connectivity index (χ1n) is 8.63. The summed E-state index contributed by atoms with van der Waals surface area (Å²) in [5.74, 6) is 0.957. The van der Waals surface area contributed by atoms with Crippen LogP contribution in [0.4, 0.5) is 0 Å². The lowest BCUT2D eigenvalue weighted by Crippen LogP contribution is -1.99. The SMILES string of the molecule is Cc1cc(OCCCCCCc2sncc2C)c2ccccc2n1. The van der Waals surface area contributed by atoms with E-state index in [1.165, 1.54) is 29.7 Å². The van der Waals surface area contributed by atoms with Gasteiger partial charge in [0.1, 0.15) is 5.75 Å². The van der Waals surface area contributed by atoms with Gasteiger partial charge in [0.25, 0.3) is 0 Å². The fraction of sp³-hybridized carbons (Fsp3) is 0.400. The lowest BCUT2D eigenvalue weighted by atomic mass is 10.1. The monoisotopic (exact) mass is 340 g/mol. The molecule has 0 N–H and O–H groups in total. The van der Waals surface area contributed by atoms with Crippen molar-refractivity contribution in [3.63, 3.8) is 0 Å². The molecule has 0 bridgehead atoms. The number of benzene rings is 1. The van der Waals surface area contributed by atoms with E-state index in [4.69, 9.17) is 4.74 Å². The van der Waals surface area contributed by atoms with Crippen LogP contribution in [0.3, 0.4) is 0 Å². The number of unbranched alkanes of at least 4 members (excludes halogenated alkanes) is 3. The molecule has 0 aliphatic carbocycles. The Balaban J connectivity index is 1.41. The zero-order valence-corrected chi connectivity index (χ0v) is 15.2. The van der Waals surface area contributed by atoms with Crippen LogP contribution in [-0.2, 0) is 6.42 Å². The molecule has 0 aliphatic rings. The summed E-state index contributed by atoms with van der Waals surface area (Å²) in [4.78, 5) is 5.99. The van der Waals surface area contributed by atoms with Crippen LogP contribution in [0.5, 0.6) is 5.75 Å². The highest BCUT2D eigenvalue weighted by atomic mass is 32.1. The van der Waals surface area contributed by atoms with Crippen LogP contribution >= 0.6 is 11.5 Å². The second-order valence-electron chi connectivity index (χ2n) is 6.22. The van der Waals surface area contributed by atoms with Gasteiger partial charge in [-0.05, 0) is 62.3 Å². The first-order valence-corrected chi connectivity index (χ1v) is 9.41. The van der Waals surface area contributed by atoms with Crippen molar-refractivity contribution in [3.8, 4) is 5.75 Å². The van der Waals surface area contributed by atoms with Crippen molar-refractivity contribution in [3.05, 3.63) is 52.7 Å². The molecule has 0 saturated heterocycles. The van der Waals surface area contributed by atoms with Crippen molar-refractivity contribution in [1.29, 1.82) is 0 Å². The normalized spacial score (nSPS) is 11.1. The molecule has 0 saturated carbocycles. The van der Waals surface area contributed by atoms with E-state index >= 15 is 0 Å². The van der Waals surface area contributed by atoms with Crippen LogP contribution in [0, 0.1) is 13.8 Å². The molecule has 3 aromatic rings. The minimum absolute atomic E-state index is 0.771. The Morgan fingerprint density at radius 3 is 2.71 bits per heavy atom. The summed E-state index contributed by atoms with van der Waals surface area (Å²) in [6.45, 7) is 4.93. The van der Waals surface area contributed by atoms with E-state index in [2.05, 4.69) is 22.3 Å². The molecule has 0 radical (unpaired) electrons. The predicted molar refractivity (Wildman–Crippen MR) is 101 cm³/mol. The van der Waals surface area contributed by atoms with Crippen molar-refractivity contribution in [2.24, 2.45) is 0 Å². The molecular weight excluding hydrogens is 316 g/mol. The van der Waals surface area contributed by atoms with Crippen LogP contribution < -0.4 is 4.74 Å². The summed E-state index contributed by atoms with van der Waals surface area (Å²) in [6, 6.07) is 10.2. The number of pyridine rings is 1. The number of aryl methyl sites for hydroxylation is 3. The van der Waals surface area contributed by atoms with Gasteiger partial charge in [-0.25, -0.2) is 4.37 Å². The number of rotatable bonds is 8. The van der Waals surface area contributed by atoms with Crippen molar-refractivity contribution in [1.82, 2.24) is 9.36 Å². The maximum atomic E-state index is 6.02. The second-order valence-corrected chi connectivity index (χ2v) is 7.11. The Morgan fingerprint density at radius 2 is 1.88 bits per heavy atom. The molecule has 0 unspecified atom stereocenters. The number of hydrogen-bond acceptors (Lipinski definition) is 4. The summed E-state index contributed by atoms with van der Waals surface area (Å²) in [5, 5.41) is 1.10. The van der Waals surface area contributed by atoms with Gasteiger partial charge in [-0.3, -0.25) is 4.98 Å². The first-order chi connectivity index (χ1) is 11.7. The van der Waals surface area contributed by atoms with Crippen molar-refractivity contribution in [2.45, 2.75) is 46.0 Å². The van der Waals surface area contributed by atoms with Crippen LogP contribution in [0.2, 0.25) is 0 Å². The Hall–Kier alpha value is -1.94. The van der Waals surface area contributed by atoms with E-state index in [0.29, 0.717) is 0 Å². The van der Waals surface area contributed by atoms with E-state index in [1.807, 2.05) is 37.4 Å². The standard InChI is InChI=1S/C20H24N2OS/c1-15-14-21-24-20(15)11-5-3-4-8-12-23-19-13-16(2)22-18-10-7-6-9-17(18)19/h6-7,9-10,13-14H,3-5,8,11-12H2,1-2H3. The zero-order chi connectivity index (χ0) is 16.8. The topological polar surface area (TPSA) is 35.0 Å². The third-order valence-electron chi connectivity index (χ3n) is 4.21. The van der Waals surface area contributed by atoms with E-state index in [1.54, 1.807) is 11.5 Å². The van der Waals surface area contributed by atoms with Crippen LogP contribution in [0.15, 0.2) is 36.5 Å². The van der Waals surface area contributed by atoms with E-state index in [0.717, 1.165) is 41.8 Å². The summed E-state index contributed by atoms with van der Waals surface area (Å²) in [5.41, 5.74) is 3.35. The molecule has 3 nitrogen and oxygen atoms in total. The Kier molecular flexibility index (Phi) is 5.81. The zero-order valence-electron chi connectivity index (χ0n) is 14.4. The molecule has 2 aromatic heterocycles. The number of ether oxygens (including phenoxy) is 1. The number of fused-ring (bicyclic) bond motifs is 1. The average Bonchev–Trinajstić information content (AvgIpc) is 2.98. The van der Waals surface area contributed by atoms with Crippen molar-refractivity contribution in [2.75, 3.05) is 6.61 Å². The molecule has 4 heteroatoms. The van der Waals surface area contributed by atoms with Gasteiger partial charge in [-0.1, -0.05) is 25.0 Å². The van der Waals surface area contributed by atoms with Gasteiger partial charge in [0.05, 0.1) is 12.1 Å². The number of para-hydroxylation sites is 1. The van der Waals surface area contributed by atoms with E-state index in [-0.39, 0.29) is 0 Å². The van der Waals surface area contributed by atoms with E-state index in [9.17, 15) is 0 Å². The molecule has 0 atom stereocenters. The maximum Gasteiger partial charge on any atom is 0.130 e. The summed E-state index contributed by atoms with van der Waals surface area (Å²) in [6.07, 6.45) is 7.91. The largest absolute Gasteiger partial charge is 0.493 e. The Morgan fingerprint density at radius 1 is 1.04 bits per heavy atom. The average molecular weight is 340 g/mol. The van der Waals surface area contributed by atoms with Gasteiger partial charge in [0, 0.05) is 28.2 Å². The third-order valence-corrected chi connectivity index (χ3v) is 5.17. The highest BCUT2D eigenvalue weighted by molar-refractivity contribution is 7.05. The first kappa shape index (κ1) is 16.9. The fourth-order valence-electron chi connectivity index (χ4n) is 2.87. The molecule has 0 spiro atoms. The second kappa shape index (κ2) is 8.25. The molecule has 2 heterocycles. The van der Waals surface area contributed by atoms with Gasteiger partial charge in [0.15, 0.2) is 0 Å². The number of aromatic nitrogens is 2. The van der Waals surface area contributed by atoms with E-state index < -0.39 is 0 Å². The molecule has 0 aliphatic heterocycles. The minimum atomic E-state index is 0.771. The summed E-state index contributed by atoms with van der Waals surface area (Å²) >= 11 is 1.64. The molecule has 0 fully saturated rings. The quantitative estimate of drug-likeness (QED) is 0.509. The molecular formula is C20H24N2OS.